The molecule has 65 heavy (non-hydrogen) atoms. The molecule has 2 aliphatic heterocycles. The van der Waals surface area contributed by atoms with Gasteiger partial charge in [-0.15, -0.1) is 0 Å². The van der Waals surface area contributed by atoms with E-state index in [1.807, 2.05) is 17.6 Å². The third kappa shape index (κ3) is 6.21. The van der Waals surface area contributed by atoms with E-state index in [2.05, 4.69) is 54.2 Å². The van der Waals surface area contributed by atoms with Crippen LogP contribution in [0.5, 0.6) is 0 Å². The molecule has 1 N–H and O–H groups in total. The minimum atomic E-state index is -0.857. The fraction of sp³-hybridized carbons (Fsp3) is 0.375. The van der Waals surface area contributed by atoms with Gasteiger partial charge in [0.25, 0.3) is 5.91 Å². The van der Waals surface area contributed by atoms with Crippen molar-refractivity contribution in [2.45, 2.75) is 90.3 Å². The topological polar surface area (TPSA) is 156 Å². The summed E-state index contributed by atoms with van der Waals surface area (Å²) in [5.41, 5.74) is 3.80. The van der Waals surface area contributed by atoms with Crippen molar-refractivity contribution >= 4 is 27.7 Å². The molecule has 15 nitrogen and oxygen atoms in total. The molecule has 1 aliphatic carbocycles. The maximum atomic E-state index is 16.1. The molecular weight excluding hydrogens is 835 g/mol. The largest absolute Gasteiger partial charge is 0.438 e. The van der Waals surface area contributed by atoms with E-state index in [1.54, 1.807) is 61.1 Å². The highest BCUT2D eigenvalue weighted by Gasteiger charge is 2.59. The lowest BCUT2D eigenvalue weighted by molar-refractivity contribution is -0.0592. The molecule has 3 aliphatic rings. The molecule has 8 aromatic rings. The molecule has 7 heterocycles. The Labute approximate surface area is 370 Å². The van der Waals surface area contributed by atoms with Crippen LogP contribution in [-0.4, -0.2) is 73.0 Å². The number of halogens is 2. The van der Waals surface area contributed by atoms with Crippen molar-refractivity contribution in [2.75, 3.05) is 13.2 Å². The van der Waals surface area contributed by atoms with Crippen LogP contribution in [0.2, 0.25) is 0 Å². The number of amides is 1. The third-order valence-corrected chi connectivity index (χ3v) is 14.1. The van der Waals surface area contributed by atoms with E-state index in [4.69, 9.17) is 14.4 Å². The molecule has 0 spiro atoms. The number of aromatic amines is 1. The molecule has 0 unspecified atom stereocenters. The van der Waals surface area contributed by atoms with Gasteiger partial charge in [0.05, 0.1) is 39.6 Å². The van der Waals surface area contributed by atoms with Crippen LogP contribution in [0.15, 0.2) is 81.2 Å². The van der Waals surface area contributed by atoms with Crippen molar-refractivity contribution in [1.82, 2.24) is 48.3 Å². The minimum absolute atomic E-state index is 0.00109. The van der Waals surface area contributed by atoms with Gasteiger partial charge in [-0.2, -0.15) is 10.2 Å². The average molecular weight is 883 g/mol. The summed E-state index contributed by atoms with van der Waals surface area (Å²) < 4.78 is 50.2. The second kappa shape index (κ2) is 14.3. The van der Waals surface area contributed by atoms with Crippen LogP contribution < -0.4 is 11.4 Å². The zero-order valence-corrected chi connectivity index (χ0v) is 37.1. The third-order valence-electron chi connectivity index (χ3n) is 14.1. The molecular formula is C48H48F2N10O5. The van der Waals surface area contributed by atoms with Crippen molar-refractivity contribution in [3.8, 4) is 17.2 Å². The first-order chi connectivity index (χ1) is 31.0. The van der Waals surface area contributed by atoms with Gasteiger partial charge in [0.2, 0.25) is 0 Å². The number of carbonyl (C=O) groups excluding carboxylic acids is 1. The minimum Gasteiger partial charge on any atom is -0.376 e. The predicted octanol–water partition coefficient (Wildman–Crippen LogP) is 7.44. The summed E-state index contributed by atoms with van der Waals surface area (Å²) in [5, 5.41) is 14.7. The molecule has 3 aromatic carbocycles. The Morgan fingerprint density at radius 1 is 0.938 bits per heavy atom. The van der Waals surface area contributed by atoms with E-state index in [0.29, 0.717) is 76.9 Å². The number of rotatable bonds is 7. The van der Waals surface area contributed by atoms with Gasteiger partial charge in [0.1, 0.15) is 22.9 Å². The molecule has 1 amide bonds. The summed E-state index contributed by atoms with van der Waals surface area (Å²) in [6.45, 7) is 12.5. The van der Waals surface area contributed by atoms with Crippen molar-refractivity contribution in [3.63, 3.8) is 0 Å². The summed E-state index contributed by atoms with van der Waals surface area (Å²) in [6, 6.07) is 14.2. The number of carbonyl (C=O) groups is 1. The molecule has 1 saturated heterocycles. The highest BCUT2D eigenvalue weighted by Crippen LogP contribution is 2.56. The standard InChI is InChI=1S/C48H48F2N10O5/c1-25-18-32(19-26(2)40(25)49)60-42(58-16-15-57(46(58)63)37-11-9-34-33(41(37)50)24-55(7)52-34)39-28(4)56(14-12-35(39)53-60)43(61)38-21-31-20-29(30-13-17-64-47(5,6)23-30)8-10-36(31)59(38)48(22-27(48)3)44-51-45(62)65-54-44/h8-11,15-16,18-21,24,27-28,30H,12-14,17,22-23H2,1-7H3,(H,51,54,62)/t27-,28-,30-,48-/m0/s1. The van der Waals surface area contributed by atoms with Crippen LogP contribution in [0, 0.1) is 31.4 Å². The average Bonchev–Trinajstić information content (AvgIpc) is 3.90. The number of nitrogens with zero attached hydrogens (tertiary/aromatic N) is 9. The smallest absolute Gasteiger partial charge is 0.376 e. The first-order valence-corrected chi connectivity index (χ1v) is 22.0. The van der Waals surface area contributed by atoms with Gasteiger partial charge in [0, 0.05) is 61.7 Å². The number of fused-ring (bicyclic) bond motifs is 3. The second-order valence-electron chi connectivity index (χ2n) is 18.8. The summed E-state index contributed by atoms with van der Waals surface area (Å²) in [4.78, 5) is 47.2. The number of aryl methyl sites for hydroxylation is 3. The van der Waals surface area contributed by atoms with Crippen LogP contribution in [0.1, 0.15) is 103 Å². The highest BCUT2D eigenvalue weighted by molar-refractivity contribution is 6.00. The van der Waals surface area contributed by atoms with Gasteiger partial charge >= 0.3 is 11.4 Å². The second-order valence-corrected chi connectivity index (χ2v) is 18.8. The molecule has 334 valence electrons. The van der Waals surface area contributed by atoms with Crippen LogP contribution in [0.4, 0.5) is 8.78 Å². The first-order valence-electron chi connectivity index (χ1n) is 22.0. The van der Waals surface area contributed by atoms with E-state index in [1.165, 1.54) is 26.1 Å². The predicted molar refractivity (Wildman–Crippen MR) is 237 cm³/mol. The summed E-state index contributed by atoms with van der Waals surface area (Å²) in [6.07, 6.45) is 7.31. The number of H-pyrrole nitrogens is 1. The molecule has 0 radical (unpaired) electrons. The molecule has 4 atom stereocenters. The number of ether oxygens (including phenoxy) is 1. The molecule has 2 fully saturated rings. The fourth-order valence-electron chi connectivity index (χ4n) is 10.8. The zero-order chi connectivity index (χ0) is 45.4. The van der Waals surface area contributed by atoms with Crippen LogP contribution in [0.3, 0.4) is 0 Å². The Balaban J connectivity index is 1.06. The van der Waals surface area contributed by atoms with E-state index in [9.17, 15) is 9.59 Å². The Morgan fingerprint density at radius 2 is 1.69 bits per heavy atom. The molecule has 11 rings (SSSR count). The van der Waals surface area contributed by atoms with Crippen molar-refractivity contribution in [2.24, 2.45) is 13.0 Å². The van der Waals surface area contributed by atoms with E-state index in [0.717, 1.165) is 29.3 Å². The summed E-state index contributed by atoms with van der Waals surface area (Å²) in [5.74, 6) is -0.925. The maximum absolute atomic E-state index is 16.1. The van der Waals surface area contributed by atoms with Crippen molar-refractivity contribution < 1.29 is 22.8 Å². The first kappa shape index (κ1) is 40.9. The number of nitrogens with one attached hydrogen (secondary N) is 1. The molecule has 0 bridgehead atoms. The van der Waals surface area contributed by atoms with Gasteiger partial charge in [-0.1, -0.05) is 18.1 Å². The molecule has 17 heteroatoms. The van der Waals surface area contributed by atoms with E-state index >= 15 is 13.6 Å². The lowest BCUT2D eigenvalue weighted by Gasteiger charge is -2.35. The number of imidazole rings is 1. The lowest BCUT2D eigenvalue weighted by Crippen LogP contribution is -2.41. The Bertz CT molecular complexity index is 3380. The Hall–Kier alpha value is -6.88. The van der Waals surface area contributed by atoms with Crippen molar-refractivity contribution in [1.29, 1.82) is 0 Å². The SMILES string of the molecule is Cc1cc(-n2nc3c(c2-n2ccn(-c4ccc5nn(C)cc5c4F)c2=O)[C@H](C)N(C(=O)c2cc4cc([C@H]5CCOC(C)(C)C5)ccc4n2[C@@]2(c4noc(=O)[nH]4)C[C@@H]2C)CC3)cc(C)c1F. The monoisotopic (exact) mass is 882 g/mol. The van der Waals surface area contributed by atoms with E-state index in [-0.39, 0.29) is 40.2 Å². The number of hydrogen-bond donors (Lipinski definition) is 1. The van der Waals surface area contributed by atoms with Crippen LogP contribution in [-0.2, 0) is 23.7 Å². The van der Waals surface area contributed by atoms with Crippen LogP contribution >= 0.6 is 0 Å². The van der Waals surface area contributed by atoms with Crippen LogP contribution in [0.25, 0.3) is 39.0 Å². The highest BCUT2D eigenvalue weighted by atomic mass is 19.1. The number of hydrogen-bond acceptors (Lipinski definition) is 8. The van der Waals surface area contributed by atoms with Gasteiger partial charge in [-0.3, -0.25) is 28.1 Å². The normalized spacial score (nSPS) is 21.7. The summed E-state index contributed by atoms with van der Waals surface area (Å²) >= 11 is 0. The Morgan fingerprint density at radius 3 is 2.40 bits per heavy atom. The van der Waals surface area contributed by atoms with Gasteiger partial charge in [-0.05, 0) is 125 Å². The lowest BCUT2D eigenvalue weighted by atomic mass is 9.83. The Kier molecular flexibility index (Phi) is 9.00. The fourth-order valence-corrected chi connectivity index (χ4v) is 10.8. The van der Waals surface area contributed by atoms with E-state index < -0.39 is 28.8 Å². The van der Waals surface area contributed by atoms with Crippen molar-refractivity contribution in [3.05, 3.63) is 139 Å². The quantitative estimate of drug-likeness (QED) is 0.173. The van der Waals surface area contributed by atoms with Gasteiger partial charge in [0.15, 0.2) is 11.6 Å². The number of benzene rings is 3. The summed E-state index contributed by atoms with van der Waals surface area (Å²) in [7, 11) is 1.70. The number of aromatic nitrogens is 9. The maximum Gasteiger partial charge on any atom is 0.438 e. The molecule has 1 saturated carbocycles. The zero-order valence-electron chi connectivity index (χ0n) is 37.1. The molecule has 5 aromatic heterocycles. The van der Waals surface area contributed by atoms with Gasteiger partial charge in [-0.25, -0.2) is 23.1 Å². The van der Waals surface area contributed by atoms with Gasteiger partial charge < -0.3 is 14.2 Å².